The Morgan fingerprint density at radius 2 is 1.88 bits per heavy atom. The molecule has 5 aromatic rings. The van der Waals surface area contributed by atoms with Crippen LogP contribution in [0.15, 0.2) is 104 Å². The van der Waals surface area contributed by atoms with Gasteiger partial charge in [0.25, 0.3) is 5.91 Å². The summed E-state index contributed by atoms with van der Waals surface area (Å²) in [6.45, 7) is 3.22. The van der Waals surface area contributed by atoms with Crippen molar-refractivity contribution in [3.8, 4) is 16.9 Å². The zero-order valence-electron chi connectivity index (χ0n) is 22.2. The molecule has 9 nitrogen and oxygen atoms in total. The van der Waals surface area contributed by atoms with Gasteiger partial charge in [-0.3, -0.25) is 4.79 Å². The highest BCUT2D eigenvalue weighted by molar-refractivity contribution is 7.99. The molecule has 6 rings (SSSR count). The van der Waals surface area contributed by atoms with E-state index in [2.05, 4.69) is 11.1 Å². The normalized spacial score (nSPS) is 14.9. The molecule has 1 aliphatic heterocycles. The quantitative estimate of drug-likeness (QED) is 0.273. The molecular formula is C31H27N3O6S. The van der Waals surface area contributed by atoms with Crippen LogP contribution in [-0.4, -0.2) is 32.8 Å². The van der Waals surface area contributed by atoms with Crippen molar-refractivity contribution in [1.29, 1.82) is 0 Å². The molecule has 2 aromatic heterocycles. The number of hydrogen-bond acceptors (Lipinski definition) is 7. The molecule has 1 saturated heterocycles. The summed E-state index contributed by atoms with van der Waals surface area (Å²) >= 11 is 1.71. The van der Waals surface area contributed by atoms with Gasteiger partial charge in [-0.25, -0.2) is 14.6 Å². The summed E-state index contributed by atoms with van der Waals surface area (Å²) in [4.78, 5) is 40.1. The number of nitrogens with zero attached hydrogens (tertiary/aromatic N) is 2. The minimum Gasteiger partial charge on any atom is -0.489 e. The summed E-state index contributed by atoms with van der Waals surface area (Å²) in [6, 6.07) is 25.0. The maximum atomic E-state index is 13.4. The van der Waals surface area contributed by atoms with Crippen molar-refractivity contribution in [2.24, 2.45) is 0 Å². The van der Waals surface area contributed by atoms with Gasteiger partial charge in [-0.1, -0.05) is 36.4 Å². The van der Waals surface area contributed by atoms with Gasteiger partial charge in [-0.2, -0.15) is 0 Å². The van der Waals surface area contributed by atoms with Gasteiger partial charge in [0.1, 0.15) is 23.5 Å². The summed E-state index contributed by atoms with van der Waals surface area (Å²) in [6.07, 6.45) is 1.64. The fourth-order valence-electron chi connectivity index (χ4n) is 4.90. The number of aromatic amines is 1. The lowest BCUT2D eigenvalue weighted by Gasteiger charge is -2.22. The third-order valence-electron chi connectivity index (χ3n) is 6.93. The zero-order valence-corrected chi connectivity index (χ0v) is 23.1. The van der Waals surface area contributed by atoms with Crippen molar-refractivity contribution in [2.75, 3.05) is 12.3 Å². The lowest BCUT2D eigenvalue weighted by molar-refractivity contribution is 0.0749. The Morgan fingerprint density at radius 3 is 2.61 bits per heavy atom. The van der Waals surface area contributed by atoms with E-state index in [0.29, 0.717) is 24.5 Å². The number of amides is 1. The monoisotopic (exact) mass is 569 g/mol. The number of aromatic nitrogens is 2. The maximum absolute atomic E-state index is 13.4. The SMILES string of the molecule is Cc1cc(C(=O)N2CCSC2c2ccco2)ccc1-c1cccc(COc2ccc(Cn3oc(=O)[nH]c3=O)cc2)c1. The predicted octanol–water partition coefficient (Wildman–Crippen LogP) is 5.21. The van der Waals surface area contributed by atoms with Gasteiger partial charge < -0.3 is 18.6 Å². The van der Waals surface area contributed by atoms with E-state index in [-0.39, 0.29) is 17.8 Å². The van der Waals surface area contributed by atoms with Gasteiger partial charge in [-0.15, -0.1) is 16.5 Å². The molecule has 1 aliphatic rings. The minimum atomic E-state index is -0.780. The van der Waals surface area contributed by atoms with E-state index < -0.39 is 11.4 Å². The first-order chi connectivity index (χ1) is 19.9. The van der Waals surface area contributed by atoms with Gasteiger partial charge in [-0.05, 0) is 77.2 Å². The lowest BCUT2D eigenvalue weighted by Crippen LogP contribution is -2.30. The van der Waals surface area contributed by atoms with Crippen molar-refractivity contribution in [2.45, 2.75) is 25.4 Å². The summed E-state index contributed by atoms with van der Waals surface area (Å²) in [7, 11) is 0. The number of rotatable bonds is 8. The van der Waals surface area contributed by atoms with Gasteiger partial charge in [0.05, 0.1) is 12.8 Å². The number of carbonyl (C=O) groups excluding carboxylic acids is 1. The highest BCUT2D eigenvalue weighted by atomic mass is 32.2. The smallest absolute Gasteiger partial charge is 0.440 e. The fourth-order valence-corrected chi connectivity index (χ4v) is 6.11. The zero-order chi connectivity index (χ0) is 28.3. The Bertz CT molecular complexity index is 1790. The maximum Gasteiger partial charge on any atom is 0.440 e. The average molecular weight is 570 g/mol. The molecular weight excluding hydrogens is 542 g/mol. The number of thioether (sulfide) groups is 1. The topological polar surface area (TPSA) is 111 Å². The van der Waals surface area contributed by atoms with Gasteiger partial charge in [0, 0.05) is 17.9 Å². The Morgan fingerprint density at radius 1 is 1.02 bits per heavy atom. The molecule has 0 radical (unpaired) electrons. The van der Waals surface area contributed by atoms with E-state index in [1.165, 1.54) is 0 Å². The highest BCUT2D eigenvalue weighted by Gasteiger charge is 2.33. The summed E-state index contributed by atoms with van der Waals surface area (Å²) in [5, 5.41) is -0.100. The summed E-state index contributed by atoms with van der Waals surface area (Å²) < 4.78 is 17.3. The third kappa shape index (κ3) is 5.78. The number of aryl methyl sites for hydroxylation is 1. The fraction of sp³-hybridized carbons (Fsp3) is 0.194. The van der Waals surface area contributed by atoms with E-state index >= 15 is 0 Å². The Balaban J connectivity index is 1.11. The molecule has 0 saturated carbocycles. The molecule has 3 aromatic carbocycles. The Labute approximate surface area is 239 Å². The molecule has 3 heterocycles. The van der Waals surface area contributed by atoms with Gasteiger partial charge in [0.2, 0.25) is 0 Å². The number of nitrogens with one attached hydrogen (secondary N) is 1. The molecule has 1 atom stereocenters. The first-order valence-electron chi connectivity index (χ1n) is 13.1. The van der Waals surface area contributed by atoms with Crippen molar-refractivity contribution in [3.63, 3.8) is 0 Å². The molecule has 1 amide bonds. The number of carbonyl (C=O) groups is 1. The van der Waals surface area contributed by atoms with Crippen molar-refractivity contribution in [3.05, 3.63) is 134 Å². The van der Waals surface area contributed by atoms with Crippen LogP contribution in [0.25, 0.3) is 11.1 Å². The largest absolute Gasteiger partial charge is 0.489 e. The Kier molecular flexibility index (Phi) is 7.39. The van der Waals surface area contributed by atoms with Crippen LogP contribution in [-0.2, 0) is 13.2 Å². The number of hydrogen-bond donors (Lipinski definition) is 1. The van der Waals surface area contributed by atoms with Crippen LogP contribution >= 0.6 is 11.8 Å². The van der Waals surface area contributed by atoms with Crippen molar-refractivity contribution >= 4 is 17.7 Å². The van der Waals surface area contributed by atoms with Crippen LogP contribution in [0.2, 0.25) is 0 Å². The molecule has 0 bridgehead atoms. The molecule has 10 heteroatoms. The second-order valence-electron chi connectivity index (χ2n) is 9.75. The first-order valence-corrected chi connectivity index (χ1v) is 14.2. The van der Waals surface area contributed by atoms with E-state index in [1.54, 1.807) is 18.0 Å². The molecule has 1 unspecified atom stereocenters. The van der Waals surface area contributed by atoms with E-state index in [1.807, 2.05) is 84.6 Å². The van der Waals surface area contributed by atoms with Gasteiger partial charge in [0.15, 0.2) is 0 Å². The van der Waals surface area contributed by atoms with Crippen LogP contribution in [0.4, 0.5) is 0 Å². The standard InChI is InChI=1S/C31H27N3O6S/c1-20-16-24(28(35)33-13-15-41-29(33)27-6-3-14-38-27)9-12-26(20)23-5-2-4-22(17-23)19-39-25-10-7-21(8-11-25)18-34-30(36)32-31(37)40-34/h2-12,14,16-17,29H,13,15,18-19H2,1H3,(H,32,36,37). The molecule has 208 valence electrons. The number of H-pyrrole nitrogens is 1. The summed E-state index contributed by atoms with van der Waals surface area (Å²) in [5.74, 6) is 1.57. The van der Waals surface area contributed by atoms with Crippen LogP contribution in [0.5, 0.6) is 5.75 Å². The molecule has 0 spiro atoms. The second kappa shape index (κ2) is 11.4. The predicted molar refractivity (Wildman–Crippen MR) is 155 cm³/mol. The Hall–Kier alpha value is -4.70. The van der Waals surface area contributed by atoms with Crippen molar-refractivity contribution < 1.29 is 18.5 Å². The molecule has 1 N–H and O–H groups in total. The highest BCUT2D eigenvalue weighted by Crippen LogP contribution is 2.39. The molecule has 0 aliphatic carbocycles. The van der Waals surface area contributed by atoms with Crippen LogP contribution in [0.1, 0.15) is 38.2 Å². The summed E-state index contributed by atoms with van der Waals surface area (Å²) in [5.41, 5.74) is 4.99. The molecule has 41 heavy (non-hydrogen) atoms. The van der Waals surface area contributed by atoms with Crippen LogP contribution in [0, 0.1) is 6.92 Å². The van der Waals surface area contributed by atoms with Crippen LogP contribution < -0.4 is 16.2 Å². The average Bonchev–Trinajstić information content (AvgIpc) is 3.74. The lowest BCUT2D eigenvalue weighted by atomic mass is 9.97. The van der Waals surface area contributed by atoms with E-state index in [0.717, 1.165) is 44.1 Å². The number of ether oxygens (including phenoxy) is 1. The van der Waals surface area contributed by atoms with Crippen LogP contribution in [0.3, 0.4) is 0 Å². The second-order valence-corrected chi connectivity index (χ2v) is 10.9. The first kappa shape index (κ1) is 26.5. The van der Waals surface area contributed by atoms with E-state index in [9.17, 15) is 14.4 Å². The van der Waals surface area contributed by atoms with E-state index in [4.69, 9.17) is 13.7 Å². The number of benzene rings is 3. The number of furan rings is 1. The molecule has 1 fully saturated rings. The minimum absolute atomic E-state index is 0.00364. The van der Waals surface area contributed by atoms with Crippen molar-refractivity contribution in [1.82, 2.24) is 14.6 Å². The van der Waals surface area contributed by atoms with Gasteiger partial charge >= 0.3 is 11.4 Å². The third-order valence-corrected chi connectivity index (χ3v) is 8.15.